The molecule has 0 aromatic rings. The predicted octanol–water partition coefficient (Wildman–Crippen LogP) is 1.67. The van der Waals surface area contributed by atoms with E-state index in [-0.39, 0.29) is 0 Å². The van der Waals surface area contributed by atoms with Crippen LogP contribution in [-0.4, -0.2) is 10.7 Å². The van der Waals surface area contributed by atoms with Crippen molar-refractivity contribution >= 4 is 0 Å². The summed E-state index contributed by atoms with van der Waals surface area (Å²) < 4.78 is 0. The van der Waals surface area contributed by atoms with E-state index in [0.29, 0.717) is 0 Å². The lowest BCUT2D eigenvalue weighted by atomic mass is 10.1. The molecule has 0 heterocycles. The molecule has 0 saturated carbocycles. The van der Waals surface area contributed by atoms with Crippen LogP contribution < -0.4 is 0 Å². The van der Waals surface area contributed by atoms with Crippen molar-refractivity contribution in [3.05, 3.63) is 11.6 Å². The van der Waals surface area contributed by atoms with Crippen LogP contribution in [0.3, 0.4) is 0 Å². The Hall–Kier alpha value is -0.300. The van der Waals surface area contributed by atoms with Gasteiger partial charge in [-0.2, -0.15) is 0 Å². The molecule has 1 rings (SSSR count). The molecule has 0 aromatic carbocycles. The second-order valence-corrected chi connectivity index (χ2v) is 2.86. The van der Waals surface area contributed by atoms with E-state index >= 15 is 0 Å². The van der Waals surface area contributed by atoms with Gasteiger partial charge in [-0.05, 0) is 32.3 Å². The fraction of sp³-hybridized carbons (Fsp3) is 0.750. The van der Waals surface area contributed by atoms with E-state index in [1.54, 1.807) is 0 Å². The first-order valence-corrected chi connectivity index (χ1v) is 3.49. The van der Waals surface area contributed by atoms with Gasteiger partial charge in [-0.1, -0.05) is 12.5 Å². The quantitative estimate of drug-likeness (QED) is 0.565. The van der Waals surface area contributed by atoms with Crippen molar-refractivity contribution in [1.29, 1.82) is 0 Å². The third kappa shape index (κ3) is 1.55. The molecule has 0 amide bonds. The lowest BCUT2D eigenvalue weighted by Crippen LogP contribution is -2.16. The molecule has 0 spiro atoms. The van der Waals surface area contributed by atoms with Crippen LogP contribution in [0.4, 0.5) is 0 Å². The topological polar surface area (TPSA) is 20.2 Å². The number of hydrogen-bond donors (Lipinski definition) is 1. The average molecular weight is 125 g/mol. The number of rotatable bonds is 1. The highest BCUT2D eigenvalue weighted by atomic mass is 16.3. The summed E-state index contributed by atoms with van der Waals surface area (Å²) in [6.45, 7) is 3.92. The summed E-state index contributed by atoms with van der Waals surface area (Å²) in [7, 11) is 0. The van der Waals surface area contributed by atoms with Crippen molar-refractivity contribution in [2.24, 2.45) is 0 Å². The molecule has 1 heteroatoms. The van der Waals surface area contributed by atoms with Gasteiger partial charge in [0, 0.05) is 0 Å². The Kier molecular flexibility index (Phi) is 1.62. The van der Waals surface area contributed by atoms with Crippen molar-refractivity contribution in [3.8, 4) is 0 Å². The number of hydrogen-bond acceptors (Lipinski definition) is 1. The first-order valence-electron chi connectivity index (χ1n) is 3.49. The van der Waals surface area contributed by atoms with E-state index in [1.807, 2.05) is 6.92 Å². The Morgan fingerprint density at radius 2 is 2.44 bits per heavy atom. The van der Waals surface area contributed by atoms with Crippen LogP contribution in [0.5, 0.6) is 0 Å². The molecule has 9 heavy (non-hydrogen) atoms. The normalized spacial score (nSPS) is 34.8. The maximum atomic E-state index is 9.36. The first kappa shape index (κ1) is 6.81. The van der Waals surface area contributed by atoms with E-state index in [2.05, 4.69) is 13.0 Å². The highest BCUT2D eigenvalue weighted by Crippen LogP contribution is 2.27. The zero-order valence-electron chi connectivity index (χ0n) is 6.07. The Morgan fingerprint density at radius 3 is 2.67 bits per heavy atom. The van der Waals surface area contributed by atoms with Gasteiger partial charge in [0.2, 0.25) is 0 Å². The minimum Gasteiger partial charge on any atom is -0.385 e. The summed E-state index contributed by atoms with van der Waals surface area (Å²) in [5, 5.41) is 9.36. The summed E-state index contributed by atoms with van der Waals surface area (Å²) in [6, 6.07) is 0. The van der Waals surface area contributed by atoms with Gasteiger partial charge >= 0.3 is 0 Å². The molecule has 0 aromatic heterocycles. The molecule has 1 unspecified atom stereocenters. The van der Waals surface area contributed by atoms with E-state index in [9.17, 15) is 5.11 Å². The number of aliphatic hydroxyl groups is 1. The van der Waals surface area contributed by atoms with E-state index in [1.165, 1.54) is 5.57 Å². The van der Waals surface area contributed by atoms with Gasteiger partial charge in [-0.15, -0.1) is 0 Å². The van der Waals surface area contributed by atoms with Crippen LogP contribution in [0.2, 0.25) is 0 Å². The van der Waals surface area contributed by atoms with Crippen molar-refractivity contribution in [2.45, 2.75) is 38.7 Å². The maximum absolute atomic E-state index is 9.36. The molecule has 0 bridgehead atoms. The summed E-state index contributed by atoms with van der Waals surface area (Å²) in [5.74, 6) is 0. The molecule has 1 N–H and O–H groups in total. The third-order valence-corrected chi connectivity index (χ3v) is 1.79. The smallest absolute Gasteiger partial charge is 0.0874 e. The highest BCUT2D eigenvalue weighted by molar-refractivity contribution is 5.10. The van der Waals surface area contributed by atoms with Gasteiger partial charge in [0.15, 0.2) is 0 Å². The third-order valence-electron chi connectivity index (χ3n) is 1.79. The first-order chi connectivity index (χ1) is 4.14. The molecule has 0 aliphatic heterocycles. The zero-order chi connectivity index (χ0) is 6.91. The van der Waals surface area contributed by atoms with Gasteiger partial charge < -0.3 is 5.11 Å². The van der Waals surface area contributed by atoms with Gasteiger partial charge in [0.05, 0.1) is 5.60 Å². The molecule has 1 aliphatic carbocycles. The molecule has 1 atom stereocenters. The van der Waals surface area contributed by atoms with E-state index in [0.717, 1.165) is 19.3 Å². The van der Waals surface area contributed by atoms with Crippen molar-refractivity contribution < 1.29 is 5.11 Å². The lowest BCUT2D eigenvalue weighted by molar-refractivity contribution is 0.104. The zero-order valence-corrected chi connectivity index (χ0v) is 6.07. The fourth-order valence-corrected chi connectivity index (χ4v) is 1.17. The fourth-order valence-electron chi connectivity index (χ4n) is 1.17. The summed E-state index contributed by atoms with van der Waals surface area (Å²) in [6.07, 6.45) is 5.98. The number of allylic oxidation sites excluding steroid dienone is 1. The van der Waals surface area contributed by atoms with E-state index < -0.39 is 5.60 Å². The molecule has 0 saturated heterocycles. The Morgan fingerprint density at radius 1 is 1.78 bits per heavy atom. The summed E-state index contributed by atoms with van der Waals surface area (Å²) >= 11 is 0. The standard InChI is InChI=1S/C8H13O/c1-3-7-4-5-8(2,9)6-7/h9H,3-5H2,1-2H3. The Labute approximate surface area is 56.4 Å². The van der Waals surface area contributed by atoms with Crippen molar-refractivity contribution in [2.75, 3.05) is 0 Å². The monoisotopic (exact) mass is 125 g/mol. The summed E-state index contributed by atoms with van der Waals surface area (Å²) in [5.41, 5.74) is 0.658. The predicted molar refractivity (Wildman–Crippen MR) is 36.9 cm³/mol. The molecule has 51 valence electrons. The van der Waals surface area contributed by atoms with Gasteiger partial charge in [0.25, 0.3) is 0 Å². The average Bonchev–Trinajstić information content (AvgIpc) is 2.10. The van der Waals surface area contributed by atoms with E-state index in [4.69, 9.17) is 0 Å². The molecular weight excluding hydrogens is 112 g/mol. The minimum atomic E-state index is -0.620. The van der Waals surface area contributed by atoms with Gasteiger partial charge in [-0.3, -0.25) is 0 Å². The molecule has 0 fully saturated rings. The largest absolute Gasteiger partial charge is 0.385 e. The Balaban J connectivity index is 2.61. The van der Waals surface area contributed by atoms with Crippen molar-refractivity contribution in [1.82, 2.24) is 0 Å². The molecule has 1 aliphatic rings. The summed E-state index contributed by atoms with van der Waals surface area (Å²) in [4.78, 5) is 0. The van der Waals surface area contributed by atoms with Crippen LogP contribution in [0.1, 0.15) is 33.1 Å². The van der Waals surface area contributed by atoms with Gasteiger partial charge in [-0.25, -0.2) is 0 Å². The molecule has 1 radical (unpaired) electrons. The van der Waals surface area contributed by atoms with Crippen LogP contribution in [0.15, 0.2) is 5.57 Å². The minimum absolute atomic E-state index is 0.620. The molecular formula is C8H13O. The Bertz CT molecular complexity index is 134. The highest BCUT2D eigenvalue weighted by Gasteiger charge is 2.24. The van der Waals surface area contributed by atoms with Crippen LogP contribution in [0, 0.1) is 6.08 Å². The van der Waals surface area contributed by atoms with Crippen LogP contribution in [0.25, 0.3) is 0 Å². The second-order valence-electron chi connectivity index (χ2n) is 2.86. The lowest BCUT2D eigenvalue weighted by Gasteiger charge is -2.09. The second kappa shape index (κ2) is 2.14. The maximum Gasteiger partial charge on any atom is 0.0874 e. The van der Waals surface area contributed by atoms with Crippen LogP contribution in [-0.2, 0) is 0 Å². The van der Waals surface area contributed by atoms with Gasteiger partial charge in [0.1, 0.15) is 0 Å². The van der Waals surface area contributed by atoms with Crippen molar-refractivity contribution in [3.63, 3.8) is 0 Å². The molecule has 1 nitrogen and oxygen atoms in total. The van der Waals surface area contributed by atoms with Crippen LogP contribution >= 0.6 is 0 Å². The SMILES string of the molecule is CCC1=[C]C(C)(O)CC1.